The summed E-state index contributed by atoms with van der Waals surface area (Å²) in [5.74, 6) is 1.58. The lowest BCUT2D eigenvalue weighted by atomic mass is 10.1. The fourth-order valence-electron chi connectivity index (χ4n) is 6.11. The second kappa shape index (κ2) is 12.2. The van der Waals surface area contributed by atoms with E-state index in [9.17, 15) is 10.1 Å². The van der Waals surface area contributed by atoms with Crippen molar-refractivity contribution in [2.45, 2.75) is 57.9 Å². The van der Waals surface area contributed by atoms with Crippen LogP contribution < -0.4 is 14.4 Å². The van der Waals surface area contributed by atoms with Gasteiger partial charge in [0, 0.05) is 56.4 Å². The number of fused-ring (bicyclic) bond motifs is 1. The van der Waals surface area contributed by atoms with E-state index in [1.54, 1.807) is 12.0 Å². The first-order chi connectivity index (χ1) is 19.4. The van der Waals surface area contributed by atoms with Crippen LogP contribution in [0.5, 0.6) is 11.8 Å². The van der Waals surface area contributed by atoms with Gasteiger partial charge in [-0.1, -0.05) is 18.7 Å². The molecule has 10 nitrogen and oxygen atoms in total. The van der Waals surface area contributed by atoms with E-state index in [4.69, 9.17) is 19.4 Å². The Bertz CT molecular complexity index is 1290. The number of carbonyl (C=O) groups is 1. The molecule has 0 saturated carbocycles. The van der Waals surface area contributed by atoms with Crippen LogP contribution in [-0.2, 0) is 24.4 Å². The highest BCUT2D eigenvalue weighted by Gasteiger charge is 2.34. The van der Waals surface area contributed by atoms with E-state index in [2.05, 4.69) is 47.4 Å². The number of nitrogens with zero attached hydrogens (tertiary/aromatic N) is 7. The third kappa shape index (κ3) is 5.76. The molecule has 0 N–H and O–H groups in total. The SMILES string of the molecule is C=CC(=O)N1CCN(c2nc(OC[C@@H]3CCCN3C)nc3c2CN(Cc2c(C)cccc2OC)C3)C[C@@H]1CC#N. The van der Waals surface area contributed by atoms with Gasteiger partial charge in [-0.3, -0.25) is 9.69 Å². The number of aryl methyl sites for hydroxylation is 1. The van der Waals surface area contributed by atoms with E-state index in [1.165, 1.54) is 23.6 Å². The van der Waals surface area contributed by atoms with Crippen molar-refractivity contribution in [2.24, 2.45) is 0 Å². The number of aromatic nitrogens is 2. The lowest BCUT2D eigenvalue weighted by Crippen LogP contribution is -2.55. The molecule has 5 rings (SSSR count). The number of amides is 1. The predicted molar refractivity (Wildman–Crippen MR) is 152 cm³/mol. The third-order valence-corrected chi connectivity index (χ3v) is 8.42. The molecular weight excluding hydrogens is 506 g/mol. The number of hydrogen-bond acceptors (Lipinski definition) is 9. The average molecular weight is 546 g/mol. The Morgan fingerprint density at radius 1 is 1.23 bits per heavy atom. The zero-order chi connectivity index (χ0) is 28.2. The van der Waals surface area contributed by atoms with Gasteiger partial charge >= 0.3 is 6.01 Å². The number of anilines is 1. The molecule has 4 heterocycles. The number of piperazine rings is 1. The summed E-state index contributed by atoms with van der Waals surface area (Å²) in [7, 11) is 3.84. The minimum atomic E-state index is -0.236. The van der Waals surface area contributed by atoms with Gasteiger partial charge in [-0.25, -0.2) is 0 Å². The summed E-state index contributed by atoms with van der Waals surface area (Å²) in [5.41, 5.74) is 4.40. The van der Waals surface area contributed by atoms with Gasteiger partial charge in [0.05, 0.1) is 31.3 Å². The number of likely N-dealkylation sites (N-methyl/N-ethyl adjacent to an activating group) is 1. The monoisotopic (exact) mass is 545 g/mol. The number of benzene rings is 1. The van der Waals surface area contributed by atoms with E-state index < -0.39 is 0 Å². The highest BCUT2D eigenvalue weighted by atomic mass is 16.5. The Morgan fingerprint density at radius 3 is 2.80 bits per heavy atom. The molecule has 1 aromatic heterocycles. The molecule has 212 valence electrons. The van der Waals surface area contributed by atoms with Crippen molar-refractivity contribution in [1.82, 2.24) is 24.7 Å². The minimum absolute atomic E-state index is 0.143. The summed E-state index contributed by atoms with van der Waals surface area (Å²) < 4.78 is 11.9. The fourth-order valence-corrected chi connectivity index (χ4v) is 6.11. The molecule has 2 atom stereocenters. The molecule has 0 spiro atoms. The van der Waals surface area contributed by atoms with Crippen molar-refractivity contribution < 1.29 is 14.3 Å². The topological polar surface area (TPSA) is 98.1 Å². The Balaban J connectivity index is 1.42. The Hall–Kier alpha value is -3.68. The Morgan fingerprint density at radius 2 is 2.08 bits per heavy atom. The van der Waals surface area contributed by atoms with Crippen molar-refractivity contribution in [3.63, 3.8) is 0 Å². The molecule has 1 amide bonds. The highest BCUT2D eigenvalue weighted by molar-refractivity contribution is 5.87. The molecule has 3 aliphatic rings. The summed E-state index contributed by atoms with van der Waals surface area (Å²) in [5, 5.41) is 9.48. The molecule has 0 bridgehead atoms. The number of likely N-dealkylation sites (tertiary alicyclic amines) is 1. The van der Waals surface area contributed by atoms with Crippen LogP contribution >= 0.6 is 0 Å². The predicted octanol–water partition coefficient (Wildman–Crippen LogP) is 2.90. The van der Waals surface area contributed by atoms with Crippen LogP contribution in [0.1, 0.15) is 41.6 Å². The van der Waals surface area contributed by atoms with Gasteiger partial charge in [0.25, 0.3) is 0 Å². The summed E-state index contributed by atoms with van der Waals surface area (Å²) in [6.07, 6.45) is 3.85. The van der Waals surface area contributed by atoms with Crippen molar-refractivity contribution in [1.29, 1.82) is 5.26 Å². The lowest BCUT2D eigenvalue weighted by molar-refractivity contribution is -0.128. The second-order valence-electron chi connectivity index (χ2n) is 10.9. The fraction of sp³-hybridized carbons (Fsp3) is 0.533. The summed E-state index contributed by atoms with van der Waals surface area (Å²) in [6, 6.07) is 8.89. The maximum Gasteiger partial charge on any atom is 0.318 e. The van der Waals surface area contributed by atoms with Gasteiger partial charge < -0.3 is 24.2 Å². The van der Waals surface area contributed by atoms with E-state index in [-0.39, 0.29) is 18.4 Å². The molecule has 2 aromatic rings. The third-order valence-electron chi connectivity index (χ3n) is 8.42. The van der Waals surface area contributed by atoms with Gasteiger partial charge in [-0.2, -0.15) is 15.2 Å². The van der Waals surface area contributed by atoms with Gasteiger partial charge in [0.1, 0.15) is 18.2 Å². The van der Waals surface area contributed by atoms with Gasteiger partial charge in [-0.05, 0) is 51.1 Å². The maximum absolute atomic E-state index is 12.5. The largest absolute Gasteiger partial charge is 0.496 e. The van der Waals surface area contributed by atoms with Crippen LogP contribution in [0.3, 0.4) is 0 Å². The zero-order valence-corrected chi connectivity index (χ0v) is 23.8. The van der Waals surface area contributed by atoms with E-state index >= 15 is 0 Å². The number of ether oxygens (including phenoxy) is 2. The highest BCUT2D eigenvalue weighted by Crippen LogP contribution is 2.35. The van der Waals surface area contributed by atoms with Gasteiger partial charge in [0.2, 0.25) is 5.91 Å². The van der Waals surface area contributed by atoms with Gasteiger partial charge in [-0.15, -0.1) is 0 Å². The number of methoxy groups -OCH3 is 1. The molecule has 0 aliphatic carbocycles. The standard InChI is InChI=1S/C30H39N7O3/c1-5-28(38)37-15-14-36(16-22(37)11-12-31)29-25-18-35(17-24-21(2)8-6-10-27(24)39-4)19-26(25)32-30(33-29)40-20-23-9-7-13-34(23)3/h5-6,8,10,22-23H,1,7,9,11,13-20H2,2-4H3/t22-,23-/m0/s1. The van der Waals surface area contributed by atoms with Crippen LogP contribution in [0.4, 0.5) is 5.82 Å². The molecule has 1 aromatic carbocycles. The Labute approximate surface area is 236 Å². The number of hydrogen-bond donors (Lipinski definition) is 0. The molecular formula is C30H39N7O3. The first-order valence-corrected chi connectivity index (χ1v) is 14.0. The van der Waals surface area contributed by atoms with Crippen LogP contribution in [0.2, 0.25) is 0 Å². The van der Waals surface area contributed by atoms with E-state index in [0.29, 0.717) is 51.4 Å². The molecule has 40 heavy (non-hydrogen) atoms. The van der Waals surface area contributed by atoms with Crippen LogP contribution in [0.15, 0.2) is 30.9 Å². The molecule has 10 heteroatoms. The smallest absolute Gasteiger partial charge is 0.318 e. The first-order valence-electron chi connectivity index (χ1n) is 14.0. The minimum Gasteiger partial charge on any atom is -0.496 e. The normalized spacial score (nSPS) is 21.2. The molecule has 0 unspecified atom stereocenters. The number of nitriles is 1. The van der Waals surface area contributed by atoms with Crippen LogP contribution in [-0.4, -0.2) is 89.6 Å². The van der Waals surface area contributed by atoms with Crippen molar-refractivity contribution in [3.05, 3.63) is 53.2 Å². The van der Waals surface area contributed by atoms with Crippen LogP contribution in [0.25, 0.3) is 0 Å². The molecule has 2 fully saturated rings. The second-order valence-corrected chi connectivity index (χ2v) is 10.9. The summed E-state index contributed by atoms with van der Waals surface area (Å²) >= 11 is 0. The molecule has 0 radical (unpaired) electrons. The van der Waals surface area contributed by atoms with Crippen LogP contribution in [0, 0.1) is 18.3 Å². The first kappa shape index (κ1) is 27.9. The summed E-state index contributed by atoms with van der Waals surface area (Å²) in [4.78, 5) is 30.9. The van der Waals surface area contributed by atoms with Crippen molar-refractivity contribution >= 4 is 11.7 Å². The average Bonchev–Trinajstić information content (AvgIpc) is 3.57. The van der Waals surface area contributed by atoms with Crippen molar-refractivity contribution in [2.75, 3.05) is 51.8 Å². The van der Waals surface area contributed by atoms with E-state index in [1.807, 2.05) is 12.1 Å². The molecule has 3 aliphatic heterocycles. The summed E-state index contributed by atoms with van der Waals surface area (Å²) in [6.45, 7) is 11.1. The van der Waals surface area contributed by atoms with Crippen molar-refractivity contribution in [3.8, 4) is 17.8 Å². The Kier molecular flexibility index (Phi) is 8.52. The molecule has 2 saturated heterocycles. The quantitative estimate of drug-likeness (QED) is 0.441. The maximum atomic E-state index is 12.5. The number of rotatable bonds is 9. The van der Waals surface area contributed by atoms with E-state index in [0.717, 1.165) is 42.3 Å². The number of carbonyl (C=O) groups excluding carboxylic acids is 1. The lowest BCUT2D eigenvalue weighted by Gasteiger charge is -2.41. The van der Waals surface area contributed by atoms with Gasteiger partial charge in [0.15, 0.2) is 0 Å². The zero-order valence-electron chi connectivity index (χ0n) is 23.8.